The molecule has 2 atom stereocenters. The van der Waals surface area contributed by atoms with Gasteiger partial charge in [-0.1, -0.05) is 24.3 Å². The minimum absolute atomic E-state index is 0.0465. The van der Waals surface area contributed by atoms with Crippen LogP contribution in [0.4, 0.5) is 0 Å². The summed E-state index contributed by atoms with van der Waals surface area (Å²) in [5.74, 6) is 0.258. The number of nitrogens with zero attached hydrogens (tertiary/aromatic N) is 2. The fraction of sp³-hybridized carbons (Fsp3) is 0.545. The van der Waals surface area contributed by atoms with E-state index in [0.29, 0.717) is 13.1 Å². The third-order valence-corrected chi connectivity index (χ3v) is 6.47. The predicted octanol–water partition coefficient (Wildman–Crippen LogP) is 1.90. The number of amides is 1. The molecule has 0 radical (unpaired) electrons. The van der Waals surface area contributed by atoms with E-state index < -0.39 is 0 Å². The van der Waals surface area contributed by atoms with Gasteiger partial charge >= 0.3 is 0 Å². The Labute approximate surface area is 166 Å². The summed E-state index contributed by atoms with van der Waals surface area (Å²) in [7, 11) is 1.91. The summed E-state index contributed by atoms with van der Waals surface area (Å²) in [4.78, 5) is 13.1. The van der Waals surface area contributed by atoms with Gasteiger partial charge in [-0.15, -0.1) is 0 Å². The van der Waals surface area contributed by atoms with E-state index in [0.717, 1.165) is 38.2 Å². The van der Waals surface area contributed by atoms with Gasteiger partial charge in [-0.05, 0) is 36.5 Å². The molecule has 2 aliphatic heterocycles. The quantitative estimate of drug-likeness (QED) is 0.829. The van der Waals surface area contributed by atoms with E-state index in [1.165, 1.54) is 11.1 Å². The largest absolute Gasteiger partial charge is 0.381 e. The topological polar surface area (TPSA) is 68.2 Å². The first-order valence-electron chi connectivity index (χ1n) is 10.2. The molecule has 1 aromatic carbocycles. The zero-order chi connectivity index (χ0) is 19.6. The zero-order valence-corrected chi connectivity index (χ0v) is 16.8. The smallest absolute Gasteiger partial charge is 0.225 e. The Bertz CT molecular complexity index is 825. The van der Waals surface area contributed by atoms with Crippen molar-refractivity contribution in [3.05, 3.63) is 53.3 Å². The van der Waals surface area contributed by atoms with Crippen molar-refractivity contribution in [3.63, 3.8) is 0 Å². The number of ether oxygens (including phenoxy) is 1. The summed E-state index contributed by atoms with van der Waals surface area (Å²) in [6, 6.07) is 8.55. The van der Waals surface area contributed by atoms with Crippen molar-refractivity contribution in [1.82, 2.24) is 20.4 Å². The molecule has 1 amide bonds. The van der Waals surface area contributed by atoms with E-state index in [1.807, 2.05) is 19.4 Å². The van der Waals surface area contributed by atoms with Gasteiger partial charge in [0.1, 0.15) is 0 Å². The summed E-state index contributed by atoms with van der Waals surface area (Å²) in [5, 5.41) is 11.0. The lowest BCUT2D eigenvalue weighted by Gasteiger charge is -2.39. The Morgan fingerprint density at radius 1 is 1.32 bits per heavy atom. The predicted molar refractivity (Wildman–Crippen MR) is 108 cm³/mol. The van der Waals surface area contributed by atoms with Crippen LogP contribution in [0.5, 0.6) is 0 Å². The van der Waals surface area contributed by atoms with Crippen LogP contribution in [0.2, 0.25) is 0 Å². The van der Waals surface area contributed by atoms with Gasteiger partial charge in [0, 0.05) is 57.4 Å². The fourth-order valence-corrected chi connectivity index (χ4v) is 4.79. The summed E-state index contributed by atoms with van der Waals surface area (Å²) >= 11 is 0. The molecule has 0 spiro atoms. The van der Waals surface area contributed by atoms with Gasteiger partial charge in [-0.25, -0.2) is 0 Å². The molecule has 2 aromatic rings. The first-order valence-corrected chi connectivity index (χ1v) is 10.2. The molecule has 2 saturated heterocycles. The Balaban J connectivity index is 1.49. The monoisotopic (exact) mass is 382 g/mol. The molecule has 150 valence electrons. The summed E-state index contributed by atoms with van der Waals surface area (Å²) in [5.41, 5.74) is 3.71. The van der Waals surface area contributed by atoms with Crippen LogP contribution in [0, 0.1) is 12.8 Å². The van der Waals surface area contributed by atoms with Crippen molar-refractivity contribution in [2.24, 2.45) is 13.0 Å². The van der Waals surface area contributed by atoms with E-state index in [1.54, 1.807) is 4.68 Å². The molecule has 0 unspecified atom stereocenters. The highest BCUT2D eigenvalue weighted by molar-refractivity contribution is 5.80. The van der Waals surface area contributed by atoms with Gasteiger partial charge < -0.3 is 15.4 Å². The van der Waals surface area contributed by atoms with Crippen molar-refractivity contribution in [1.29, 1.82) is 0 Å². The highest BCUT2D eigenvalue weighted by Crippen LogP contribution is 2.36. The molecule has 2 aliphatic rings. The highest BCUT2D eigenvalue weighted by Gasteiger charge is 2.39. The van der Waals surface area contributed by atoms with Crippen molar-refractivity contribution < 1.29 is 9.53 Å². The number of nitrogens with one attached hydrogen (secondary N) is 2. The van der Waals surface area contributed by atoms with Crippen molar-refractivity contribution in [3.8, 4) is 0 Å². The van der Waals surface area contributed by atoms with Crippen molar-refractivity contribution >= 4 is 5.91 Å². The number of aryl methyl sites for hydroxylation is 2. The van der Waals surface area contributed by atoms with Gasteiger partial charge in [-0.2, -0.15) is 5.10 Å². The standard InChI is InChI=1S/C22H30N4O2/c1-16-5-3-4-6-20(16)22(7-9-28-10-8-22)15-24-21(27)19-13-23-12-18(19)17-11-25-26(2)14-17/h3-6,11,14,18-19,23H,7-10,12-13,15H2,1-2H3,(H,24,27)/t18-,19+/m1/s1. The van der Waals surface area contributed by atoms with Crippen LogP contribution in [0.3, 0.4) is 0 Å². The number of hydrogen-bond acceptors (Lipinski definition) is 4. The Morgan fingerprint density at radius 2 is 2.11 bits per heavy atom. The van der Waals surface area contributed by atoms with Gasteiger partial charge in [0.15, 0.2) is 0 Å². The second kappa shape index (κ2) is 8.05. The number of rotatable bonds is 5. The normalized spacial score (nSPS) is 24.2. The molecule has 0 aliphatic carbocycles. The van der Waals surface area contributed by atoms with Gasteiger partial charge in [0.2, 0.25) is 5.91 Å². The summed E-state index contributed by atoms with van der Waals surface area (Å²) in [6.07, 6.45) is 5.77. The Morgan fingerprint density at radius 3 is 2.82 bits per heavy atom. The zero-order valence-electron chi connectivity index (χ0n) is 16.8. The van der Waals surface area contributed by atoms with Crippen LogP contribution in [0.25, 0.3) is 0 Å². The number of aromatic nitrogens is 2. The SMILES string of the molecule is Cc1ccccc1C1(CNC(=O)[C@H]2CNC[C@@H]2c2cnn(C)c2)CCOCC1. The lowest BCUT2D eigenvalue weighted by Crippen LogP contribution is -2.47. The Kier molecular flexibility index (Phi) is 5.51. The lowest BCUT2D eigenvalue weighted by molar-refractivity contribution is -0.125. The molecule has 0 bridgehead atoms. The summed E-state index contributed by atoms with van der Waals surface area (Å²) in [6.45, 7) is 5.84. The first kappa shape index (κ1) is 19.2. The number of carbonyl (C=O) groups is 1. The third-order valence-electron chi connectivity index (χ3n) is 6.47. The van der Waals surface area contributed by atoms with E-state index in [4.69, 9.17) is 4.74 Å². The maximum Gasteiger partial charge on any atom is 0.225 e. The Hall–Kier alpha value is -2.18. The fourth-order valence-electron chi connectivity index (χ4n) is 4.79. The number of carbonyl (C=O) groups excluding carboxylic acids is 1. The van der Waals surface area contributed by atoms with Gasteiger partial charge in [0.05, 0.1) is 12.1 Å². The molecule has 3 heterocycles. The molecular weight excluding hydrogens is 352 g/mol. The number of benzene rings is 1. The average Bonchev–Trinajstić information content (AvgIpc) is 3.36. The first-order chi connectivity index (χ1) is 13.6. The molecule has 28 heavy (non-hydrogen) atoms. The summed E-state index contributed by atoms with van der Waals surface area (Å²) < 4.78 is 7.44. The lowest BCUT2D eigenvalue weighted by atomic mass is 9.72. The highest BCUT2D eigenvalue weighted by atomic mass is 16.5. The van der Waals surface area contributed by atoms with E-state index in [9.17, 15) is 4.79 Å². The molecule has 4 rings (SSSR count). The van der Waals surface area contributed by atoms with E-state index >= 15 is 0 Å². The van der Waals surface area contributed by atoms with Gasteiger partial charge in [-0.3, -0.25) is 9.48 Å². The van der Waals surface area contributed by atoms with Gasteiger partial charge in [0.25, 0.3) is 0 Å². The molecular formula is C22H30N4O2. The molecule has 2 N–H and O–H groups in total. The minimum Gasteiger partial charge on any atom is -0.381 e. The molecule has 6 nitrogen and oxygen atoms in total. The van der Waals surface area contributed by atoms with E-state index in [-0.39, 0.29) is 23.2 Å². The van der Waals surface area contributed by atoms with Crippen LogP contribution in [0.1, 0.15) is 35.4 Å². The number of hydrogen-bond donors (Lipinski definition) is 2. The average molecular weight is 383 g/mol. The van der Waals surface area contributed by atoms with Crippen LogP contribution in [0.15, 0.2) is 36.7 Å². The maximum absolute atomic E-state index is 13.1. The molecule has 1 aromatic heterocycles. The second-order valence-electron chi connectivity index (χ2n) is 8.24. The third kappa shape index (κ3) is 3.71. The molecule has 2 fully saturated rings. The van der Waals surface area contributed by atoms with Crippen molar-refractivity contribution in [2.45, 2.75) is 31.1 Å². The van der Waals surface area contributed by atoms with Crippen molar-refractivity contribution in [2.75, 3.05) is 32.8 Å². The van der Waals surface area contributed by atoms with Crippen LogP contribution >= 0.6 is 0 Å². The van der Waals surface area contributed by atoms with Crippen LogP contribution in [-0.4, -0.2) is 48.5 Å². The molecule has 6 heteroatoms. The minimum atomic E-state index is -0.0574. The maximum atomic E-state index is 13.1. The van der Waals surface area contributed by atoms with Crippen LogP contribution < -0.4 is 10.6 Å². The second-order valence-corrected chi connectivity index (χ2v) is 8.24. The molecule has 0 saturated carbocycles. The van der Waals surface area contributed by atoms with E-state index in [2.05, 4.69) is 46.9 Å². The van der Waals surface area contributed by atoms with Crippen LogP contribution in [-0.2, 0) is 22.0 Å².